The summed E-state index contributed by atoms with van der Waals surface area (Å²) in [6.45, 7) is 27.7. The monoisotopic (exact) mass is 1370 g/mol. The first-order chi connectivity index (χ1) is 44.3. The first-order valence-electron chi connectivity index (χ1n) is 34.6. The summed E-state index contributed by atoms with van der Waals surface area (Å²) in [7, 11) is 0. The van der Waals surface area contributed by atoms with E-state index in [4.69, 9.17) is 99.5 Å². The molecule has 2 N–H and O–H groups in total. The van der Waals surface area contributed by atoms with Gasteiger partial charge < -0.3 is 127 Å². The van der Waals surface area contributed by atoms with Gasteiger partial charge in [-0.15, -0.1) is 0 Å². The maximum absolute atomic E-state index is 11.9. The van der Waals surface area contributed by atoms with E-state index < -0.39 is 0 Å². The Hall–Kier alpha value is -0.930. The maximum atomic E-state index is 11.9. The largest absolute Gasteiger partial charge is 1.00 e. The van der Waals surface area contributed by atoms with E-state index in [2.05, 4.69) is 12.2 Å². The third-order valence-electron chi connectivity index (χ3n) is 13.7. The summed E-state index contributed by atoms with van der Waals surface area (Å²) in [6.07, 6.45) is 22.5. The summed E-state index contributed by atoms with van der Waals surface area (Å²) >= 11 is 0. The van der Waals surface area contributed by atoms with Gasteiger partial charge in [-0.05, 0) is 6.42 Å². The molecule has 1 heterocycles. The van der Waals surface area contributed by atoms with E-state index in [-0.39, 0.29) is 29.6 Å². The van der Waals surface area contributed by atoms with E-state index in [9.17, 15) is 4.79 Å². The molecular formula is C65H131BrN2O22. The lowest BCUT2D eigenvalue weighted by Crippen LogP contribution is -3.14. The van der Waals surface area contributed by atoms with Crippen LogP contribution in [-0.4, -0.2) is 310 Å². The second-order valence-corrected chi connectivity index (χ2v) is 21.3. The van der Waals surface area contributed by atoms with Crippen LogP contribution in [0.15, 0.2) is 0 Å². The van der Waals surface area contributed by atoms with Gasteiger partial charge in [0.15, 0.2) is 0 Å². The number of rotatable bonds is 80. The zero-order chi connectivity index (χ0) is 63.3. The van der Waals surface area contributed by atoms with Crippen LogP contribution in [0.4, 0.5) is 0 Å². The van der Waals surface area contributed by atoms with Crippen molar-refractivity contribution in [3.8, 4) is 0 Å². The Morgan fingerprint density at radius 1 is 0.256 bits per heavy atom. The summed E-state index contributed by atoms with van der Waals surface area (Å²) in [5, 5.41) is 3.32. The molecule has 1 aliphatic rings. The van der Waals surface area contributed by atoms with Gasteiger partial charge in [-0.2, -0.15) is 0 Å². The highest BCUT2D eigenvalue weighted by Crippen LogP contribution is 2.14. The third-order valence-corrected chi connectivity index (χ3v) is 13.7. The van der Waals surface area contributed by atoms with Crippen LogP contribution < -0.4 is 27.2 Å². The number of piperazine rings is 1. The zero-order valence-electron chi connectivity index (χ0n) is 56.4. The molecule has 1 saturated heterocycles. The Labute approximate surface area is 554 Å². The summed E-state index contributed by atoms with van der Waals surface area (Å²) < 4.78 is 116. The molecule has 0 aromatic heterocycles. The second-order valence-electron chi connectivity index (χ2n) is 21.3. The van der Waals surface area contributed by atoms with E-state index in [1.165, 1.54) is 101 Å². The minimum Gasteiger partial charge on any atom is -1.00 e. The number of unbranched alkanes of at least 4 members (excludes halogenated alkanes) is 15. The summed E-state index contributed by atoms with van der Waals surface area (Å²) in [5.41, 5.74) is 0. The van der Waals surface area contributed by atoms with Crippen molar-refractivity contribution in [3.05, 3.63) is 0 Å². The molecule has 1 aliphatic heterocycles. The van der Waals surface area contributed by atoms with Gasteiger partial charge in [-0.3, -0.25) is 4.79 Å². The van der Waals surface area contributed by atoms with Gasteiger partial charge in [-0.25, -0.2) is 0 Å². The molecule has 0 bridgehead atoms. The molecule has 90 heavy (non-hydrogen) atoms. The predicted octanol–water partition coefficient (Wildman–Crippen LogP) is 2.01. The van der Waals surface area contributed by atoms with Gasteiger partial charge in [0.1, 0.15) is 6.61 Å². The Kier molecular flexibility index (Phi) is 81.5. The smallest absolute Gasteiger partial charge is 0.311 e. The molecule has 540 valence electrons. The van der Waals surface area contributed by atoms with Gasteiger partial charge in [-0.1, -0.05) is 103 Å². The molecule has 0 atom stereocenters. The molecule has 25 heteroatoms. The minimum absolute atomic E-state index is 0. The van der Waals surface area contributed by atoms with Gasteiger partial charge in [0, 0.05) is 19.7 Å². The number of esters is 1. The Bertz CT molecular complexity index is 1310. The molecule has 24 nitrogen and oxygen atoms in total. The number of halogens is 1. The molecule has 1 fully saturated rings. The van der Waals surface area contributed by atoms with Crippen molar-refractivity contribution in [2.45, 2.75) is 116 Å². The number of ether oxygens (including phenoxy) is 21. The fourth-order valence-electron chi connectivity index (χ4n) is 8.63. The third kappa shape index (κ3) is 77.8. The van der Waals surface area contributed by atoms with Gasteiger partial charge in [0.25, 0.3) is 0 Å². The van der Waals surface area contributed by atoms with Crippen LogP contribution in [0, 0.1) is 0 Å². The van der Waals surface area contributed by atoms with Crippen molar-refractivity contribution < 1.29 is 126 Å². The van der Waals surface area contributed by atoms with Crippen LogP contribution in [-0.2, 0) is 104 Å². The van der Waals surface area contributed by atoms with Crippen LogP contribution >= 0.6 is 0 Å². The van der Waals surface area contributed by atoms with Crippen molar-refractivity contribution in [3.63, 3.8) is 0 Å². The topological polar surface area (TPSA) is 227 Å². The lowest BCUT2D eigenvalue weighted by atomic mass is 10.0. The van der Waals surface area contributed by atoms with Crippen molar-refractivity contribution in [2.75, 3.05) is 304 Å². The SMILES string of the molecule is CCCCCCCCCCCCCCCCCCOCCOCCOCCOCCOCCOCCOCCOCCOCCOCCOCCOCCOCCOCCOCCOCCOCCOCCOCCOCCOC(=O)CC[NH+]1CCNCC1.[Br-]. The van der Waals surface area contributed by atoms with E-state index in [0.29, 0.717) is 264 Å². The van der Waals surface area contributed by atoms with Crippen molar-refractivity contribution in [1.82, 2.24) is 5.32 Å². The molecule has 0 aliphatic carbocycles. The quantitative estimate of drug-likeness (QED) is 0.0656. The maximum Gasteiger partial charge on any atom is 0.311 e. The highest BCUT2D eigenvalue weighted by atomic mass is 79.9. The van der Waals surface area contributed by atoms with E-state index in [1.807, 2.05) is 0 Å². The molecule has 0 saturated carbocycles. The van der Waals surface area contributed by atoms with E-state index >= 15 is 0 Å². The summed E-state index contributed by atoms with van der Waals surface area (Å²) in [6, 6.07) is 0. The molecule has 0 radical (unpaired) electrons. The fraction of sp³-hybridized carbons (Fsp3) is 0.985. The molecule has 0 spiro atoms. The van der Waals surface area contributed by atoms with Crippen molar-refractivity contribution in [2.24, 2.45) is 0 Å². The first kappa shape index (κ1) is 89.1. The molecule has 0 unspecified atom stereocenters. The van der Waals surface area contributed by atoms with Crippen molar-refractivity contribution >= 4 is 5.97 Å². The fourth-order valence-corrected chi connectivity index (χ4v) is 8.63. The molecule has 0 amide bonds. The highest BCUT2D eigenvalue weighted by molar-refractivity contribution is 5.69. The second kappa shape index (κ2) is 82.3. The van der Waals surface area contributed by atoms with E-state index in [0.717, 1.165) is 45.8 Å². The molecule has 0 aromatic rings. The highest BCUT2D eigenvalue weighted by Gasteiger charge is 2.15. The average molecular weight is 1370 g/mol. The molecule has 1 rings (SSSR count). The number of hydrogen-bond acceptors (Lipinski definition) is 23. The minimum atomic E-state index is -0.166. The van der Waals surface area contributed by atoms with Crippen LogP contribution in [0.5, 0.6) is 0 Å². The van der Waals surface area contributed by atoms with Gasteiger partial charge >= 0.3 is 5.97 Å². The average Bonchev–Trinajstić information content (AvgIpc) is 3.58. The van der Waals surface area contributed by atoms with Crippen molar-refractivity contribution in [1.29, 1.82) is 0 Å². The standard InChI is InChI=1S/C65H130N2O22.BrH/c1-2-3-4-5-6-7-8-9-10-11-12-13-14-15-16-17-24-69-25-26-70-27-28-71-29-30-72-31-32-73-33-34-74-35-36-75-37-38-76-39-40-77-41-42-78-43-44-79-45-46-80-47-48-81-49-50-82-51-52-83-53-54-84-55-56-85-57-58-86-59-60-87-61-62-88-63-64-89-65(68)18-21-67-22-19-66-20-23-67;/h66H,2-64H2,1H3;1H. The van der Waals surface area contributed by atoms with Gasteiger partial charge in [0.2, 0.25) is 0 Å². The van der Waals surface area contributed by atoms with Crippen LogP contribution in [0.1, 0.15) is 116 Å². The molecular weight excluding hydrogens is 1240 g/mol. The first-order valence-corrected chi connectivity index (χ1v) is 34.6. The zero-order valence-corrected chi connectivity index (χ0v) is 58.0. The van der Waals surface area contributed by atoms with Crippen LogP contribution in [0.25, 0.3) is 0 Å². The lowest BCUT2D eigenvalue weighted by molar-refractivity contribution is -0.901. The number of quaternary nitrogens is 1. The van der Waals surface area contributed by atoms with E-state index in [1.54, 1.807) is 0 Å². The normalized spacial score (nSPS) is 12.8. The summed E-state index contributed by atoms with van der Waals surface area (Å²) in [5.74, 6) is -0.166. The Balaban J connectivity index is 0.0000792. The number of carbonyl (C=O) groups is 1. The summed E-state index contributed by atoms with van der Waals surface area (Å²) in [4.78, 5) is 13.3. The number of nitrogens with one attached hydrogen (secondary N) is 2. The molecule has 0 aromatic carbocycles. The number of hydrogen-bond donors (Lipinski definition) is 2. The Morgan fingerprint density at radius 2 is 0.433 bits per heavy atom. The lowest BCUT2D eigenvalue weighted by Gasteiger charge is -2.23. The Morgan fingerprint density at radius 3 is 0.644 bits per heavy atom. The predicted molar refractivity (Wildman–Crippen MR) is 340 cm³/mol. The van der Waals surface area contributed by atoms with Crippen LogP contribution in [0.2, 0.25) is 0 Å². The number of carbonyl (C=O) groups excluding carboxylic acids is 1. The van der Waals surface area contributed by atoms with Crippen LogP contribution in [0.3, 0.4) is 0 Å². The van der Waals surface area contributed by atoms with Gasteiger partial charge in [0.05, 0.1) is 284 Å².